The lowest BCUT2D eigenvalue weighted by atomic mass is 10.1. The second kappa shape index (κ2) is 6.81. The van der Waals surface area contributed by atoms with Gasteiger partial charge in [0.05, 0.1) is 6.42 Å². The number of rotatable bonds is 7. The van der Waals surface area contributed by atoms with E-state index in [2.05, 4.69) is 22.2 Å². The normalized spacial score (nSPS) is 10.7. The molecule has 0 aliphatic heterocycles. The van der Waals surface area contributed by atoms with E-state index >= 15 is 0 Å². The summed E-state index contributed by atoms with van der Waals surface area (Å²) in [7, 11) is 1.60. The Balaban J connectivity index is 2.08. The van der Waals surface area contributed by atoms with E-state index in [9.17, 15) is 4.79 Å². The number of aryl methyl sites for hydroxylation is 2. The van der Waals surface area contributed by atoms with Crippen LogP contribution in [0.1, 0.15) is 17.2 Å². The number of hydrogen-bond acceptors (Lipinski definition) is 4. The number of amides is 1. The summed E-state index contributed by atoms with van der Waals surface area (Å²) in [5, 5.41) is 4.31. The lowest BCUT2D eigenvalue weighted by Crippen LogP contribution is -2.15. The number of benzene rings is 1. The standard InChI is InChI=1S/C14H18N4O2/c1-20-10-14-16-13(9-12(15)19)17-18(14)8-7-11-5-3-2-4-6-11/h2-6H,7-10H2,1H3,(H2,15,19). The van der Waals surface area contributed by atoms with Crippen molar-refractivity contribution in [2.24, 2.45) is 5.73 Å². The first-order valence-electron chi connectivity index (χ1n) is 6.43. The maximum absolute atomic E-state index is 10.9. The van der Waals surface area contributed by atoms with Crippen molar-refractivity contribution in [1.82, 2.24) is 14.8 Å². The van der Waals surface area contributed by atoms with Crippen molar-refractivity contribution in [3.63, 3.8) is 0 Å². The molecule has 20 heavy (non-hydrogen) atoms. The second-order valence-electron chi connectivity index (χ2n) is 4.48. The lowest BCUT2D eigenvalue weighted by molar-refractivity contribution is -0.117. The van der Waals surface area contributed by atoms with Crippen molar-refractivity contribution in [3.05, 3.63) is 47.5 Å². The van der Waals surface area contributed by atoms with Crippen LogP contribution in [0.4, 0.5) is 0 Å². The number of carbonyl (C=O) groups is 1. The molecule has 1 aromatic heterocycles. The molecule has 1 aromatic carbocycles. The van der Waals surface area contributed by atoms with Gasteiger partial charge in [-0.25, -0.2) is 9.67 Å². The quantitative estimate of drug-likeness (QED) is 0.805. The fourth-order valence-electron chi connectivity index (χ4n) is 1.95. The van der Waals surface area contributed by atoms with Crippen LogP contribution in [0, 0.1) is 0 Å². The Hall–Kier alpha value is -2.21. The molecule has 2 aromatic rings. The molecule has 1 amide bonds. The molecule has 0 atom stereocenters. The Kier molecular flexibility index (Phi) is 4.84. The van der Waals surface area contributed by atoms with Gasteiger partial charge in [-0.05, 0) is 12.0 Å². The lowest BCUT2D eigenvalue weighted by Gasteiger charge is -2.05. The van der Waals surface area contributed by atoms with Crippen molar-refractivity contribution in [1.29, 1.82) is 0 Å². The van der Waals surface area contributed by atoms with Crippen molar-refractivity contribution in [3.8, 4) is 0 Å². The van der Waals surface area contributed by atoms with Gasteiger partial charge in [0.2, 0.25) is 5.91 Å². The van der Waals surface area contributed by atoms with Crippen LogP contribution in [0.5, 0.6) is 0 Å². The molecule has 2 N–H and O–H groups in total. The van der Waals surface area contributed by atoms with Crippen LogP contribution in [0.3, 0.4) is 0 Å². The molecule has 0 radical (unpaired) electrons. The summed E-state index contributed by atoms with van der Waals surface area (Å²) in [6, 6.07) is 10.1. The van der Waals surface area contributed by atoms with Crippen molar-refractivity contribution in [2.45, 2.75) is 26.0 Å². The summed E-state index contributed by atoms with van der Waals surface area (Å²) in [5.74, 6) is 0.714. The van der Waals surface area contributed by atoms with Gasteiger partial charge < -0.3 is 10.5 Å². The van der Waals surface area contributed by atoms with Crippen LogP contribution >= 0.6 is 0 Å². The third kappa shape index (κ3) is 3.89. The Labute approximate surface area is 117 Å². The summed E-state index contributed by atoms with van der Waals surface area (Å²) in [5.41, 5.74) is 6.39. The summed E-state index contributed by atoms with van der Waals surface area (Å²) in [6.45, 7) is 1.05. The first kappa shape index (κ1) is 14.2. The van der Waals surface area contributed by atoms with Gasteiger partial charge >= 0.3 is 0 Å². The number of nitrogens with two attached hydrogens (primary N) is 1. The summed E-state index contributed by atoms with van der Waals surface area (Å²) < 4.78 is 6.87. The van der Waals surface area contributed by atoms with Gasteiger partial charge in [-0.2, -0.15) is 5.10 Å². The molecule has 1 heterocycles. The van der Waals surface area contributed by atoms with Crippen molar-refractivity contribution >= 4 is 5.91 Å². The highest BCUT2D eigenvalue weighted by molar-refractivity contribution is 5.75. The Morgan fingerprint density at radius 2 is 2.10 bits per heavy atom. The highest BCUT2D eigenvalue weighted by Gasteiger charge is 2.11. The highest BCUT2D eigenvalue weighted by atomic mass is 16.5. The molecular formula is C14H18N4O2. The van der Waals surface area contributed by atoms with Crippen LogP contribution in [-0.4, -0.2) is 27.8 Å². The number of ether oxygens (including phenoxy) is 1. The third-order valence-corrected chi connectivity index (χ3v) is 2.85. The number of carbonyl (C=O) groups excluding carboxylic acids is 1. The Morgan fingerprint density at radius 1 is 1.35 bits per heavy atom. The van der Waals surface area contributed by atoms with E-state index in [1.807, 2.05) is 18.2 Å². The van der Waals surface area contributed by atoms with Crippen molar-refractivity contribution in [2.75, 3.05) is 7.11 Å². The van der Waals surface area contributed by atoms with Gasteiger partial charge in [0.1, 0.15) is 6.61 Å². The van der Waals surface area contributed by atoms with E-state index in [0.29, 0.717) is 24.8 Å². The van der Waals surface area contributed by atoms with Gasteiger partial charge in [0, 0.05) is 13.7 Å². The molecule has 6 heteroatoms. The van der Waals surface area contributed by atoms with E-state index < -0.39 is 5.91 Å². The van der Waals surface area contributed by atoms with E-state index in [0.717, 1.165) is 6.42 Å². The average molecular weight is 274 g/mol. The Morgan fingerprint density at radius 3 is 2.75 bits per heavy atom. The zero-order chi connectivity index (χ0) is 14.4. The molecule has 0 unspecified atom stereocenters. The minimum atomic E-state index is -0.436. The smallest absolute Gasteiger partial charge is 0.225 e. The SMILES string of the molecule is COCc1nc(CC(N)=O)nn1CCc1ccccc1. The van der Waals surface area contributed by atoms with Crippen LogP contribution in [0.15, 0.2) is 30.3 Å². The molecule has 0 bridgehead atoms. The minimum absolute atomic E-state index is 0.0506. The summed E-state index contributed by atoms with van der Waals surface area (Å²) >= 11 is 0. The number of primary amides is 1. The molecule has 0 fully saturated rings. The fourth-order valence-corrected chi connectivity index (χ4v) is 1.95. The first-order valence-corrected chi connectivity index (χ1v) is 6.43. The zero-order valence-corrected chi connectivity index (χ0v) is 11.5. The van der Waals surface area contributed by atoms with E-state index in [4.69, 9.17) is 10.5 Å². The van der Waals surface area contributed by atoms with Gasteiger partial charge in [0.25, 0.3) is 0 Å². The molecular weight excluding hydrogens is 256 g/mol. The van der Waals surface area contributed by atoms with E-state index in [1.165, 1.54) is 5.56 Å². The predicted molar refractivity (Wildman–Crippen MR) is 73.8 cm³/mol. The van der Waals surface area contributed by atoms with Crippen LogP contribution in [0.2, 0.25) is 0 Å². The first-order chi connectivity index (χ1) is 9.69. The highest BCUT2D eigenvalue weighted by Crippen LogP contribution is 2.06. The zero-order valence-electron chi connectivity index (χ0n) is 11.5. The molecule has 0 aliphatic carbocycles. The molecule has 0 saturated heterocycles. The largest absolute Gasteiger partial charge is 0.377 e. The number of aromatic nitrogens is 3. The molecule has 0 saturated carbocycles. The van der Waals surface area contributed by atoms with Crippen LogP contribution < -0.4 is 5.73 Å². The second-order valence-corrected chi connectivity index (χ2v) is 4.48. The maximum atomic E-state index is 10.9. The van der Waals surface area contributed by atoms with Gasteiger partial charge in [0.15, 0.2) is 11.6 Å². The Bertz CT molecular complexity index is 566. The van der Waals surface area contributed by atoms with Gasteiger partial charge in [-0.1, -0.05) is 30.3 Å². The van der Waals surface area contributed by atoms with Crippen LogP contribution in [0.25, 0.3) is 0 Å². The predicted octanol–water partition coefficient (Wildman–Crippen LogP) is 0.695. The fraction of sp³-hybridized carbons (Fsp3) is 0.357. The molecule has 6 nitrogen and oxygen atoms in total. The number of methoxy groups -OCH3 is 1. The molecule has 106 valence electrons. The van der Waals surface area contributed by atoms with Crippen molar-refractivity contribution < 1.29 is 9.53 Å². The minimum Gasteiger partial charge on any atom is -0.377 e. The molecule has 0 spiro atoms. The topological polar surface area (TPSA) is 83.0 Å². The average Bonchev–Trinajstić information content (AvgIpc) is 2.79. The van der Waals surface area contributed by atoms with Gasteiger partial charge in [-0.15, -0.1) is 0 Å². The maximum Gasteiger partial charge on any atom is 0.225 e. The monoisotopic (exact) mass is 274 g/mol. The van der Waals surface area contributed by atoms with E-state index in [1.54, 1.807) is 11.8 Å². The van der Waals surface area contributed by atoms with Crippen LogP contribution in [-0.2, 0) is 35.5 Å². The summed E-state index contributed by atoms with van der Waals surface area (Å²) in [6.07, 6.45) is 0.895. The third-order valence-electron chi connectivity index (χ3n) is 2.85. The van der Waals surface area contributed by atoms with Gasteiger partial charge in [-0.3, -0.25) is 4.79 Å². The summed E-state index contributed by atoms with van der Waals surface area (Å²) in [4.78, 5) is 15.2. The van der Waals surface area contributed by atoms with E-state index in [-0.39, 0.29) is 6.42 Å². The molecule has 2 rings (SSSR count). The number of nitrogens with zero attached hydrogens (tertiary/aromatic N) is 3. The molecule has 0 aliphatic rings. The number of hydrogen-bond donors (Lipinski definition) is 1.